The van der Waals surface area contributed by atoms with Gasteiger partial charge in [0.2, 0.25) is 0 Å². The van der Waals surface area contributed by atoms with E-state index in [9.17, 15) is 9.90 Å². The van der Waals surface area contributed by atoms with Gasteiger partial charge >= 0.3 is 0 Å². The van der Waals surface area contributed by atoms with Gasteiger partial charge in [-0.05, 0) is 80.3 Å². The number of allylic oxidation sites excluding steroid dienone is 1. The Labute approximate surface area is 287 Å². The van der Waals surface area contributed by atoms with Crippen molar-refractivity contribution in [3.63, 3.8) is 0 Å². The maximum Gasteiger partial charge on any atom is 0.255 e. The smallest absolute Gasteiger partial charge is 0.255 e. The van der Waals surface area contributed by atoms with Crippen LogP contribution in [0, 0.1) is 23.7 Å². The largest absolute Gasteiger partial charge is 0.392 e. The molecule has 2 saturated carbocycles. The zero-order valence-electron chi connectivity index (χ0n) is 27.9. The van der Waals surface area contributed by atoms with E-state index >= 15 is 4.79 Å². The molecule has 8 aliphatic heterocycles. The molecule has 12 rings (SSSR count). The first-order valence-corrected chi connectivity index (χ1v) is 18.7. The third kappa shape index (κ3) is 2.96. The zero-order valence-corrected chi connectivity index (χ0v) is 27.9. The van der Waals surface area contributed by atoms with Crippen molar-refractivity contribution in [2.45, 2.75) is 73.6 Å². The predicted octanol–water partition coefficient (Wildman–Crippen LogP) is 4.48. The quantitative estimate of drug-likeness (QED) is 0.486. The molecule has 4 saturated heterocycles. The van der Waals surface area contributed by atoms with Crippen LogP contribution in [0.3, 0.4) is 0 Å². The number of para-hydroxylation sites is 2. The molecule has 8 heterocycles. The van der Waals surface area contributed by atoms with Crippen molar-refractivity contribution in [2.24, 2.45) is 23.7 Å². The van der Waals surface area contributed by atoms with E-state index in [2.05, 4.69) is 99.4 Å². The molecule has 1 N–H and O–H groups in total. The summed E-state index contributed by atoms with van der Waals surface area (Å²) in [5.41, 5.74) is 8.39. The second kappa shape index (κ2) is 9.11. The molecule has 2 spiro atoms. The maximum atomic E-state index is 15.5. The lowest BCUT2D eigenvalue weighted by atomic mass is 9.54. The summed E-state index contributed by atoms with van der Waals surface area (Å²) >= 11 is 0. The minimum atomic E-state index is -0.222. The van der Waals surface area contributed by atoms with Crippen molar-refractivity contribution < 1.29 is 14.7 Å². The molecule has 6 fully saturated rings. The van der Waals surface area contributed by atoms with Crippen molar-refractivity contribution in [1.82, 2.24) is 9.80 Å². The highest BCUT2D eigenvalue weighted by Gasteiger charge is 2.73. The molecule has 49 heavy (non-hydrogen) atoms. The number of hydrogen-bond donors (Lipinski definition) is 1. The molecular weight excluding hydrogens is 608 g/mol. The lowest BCUT2D eigenvalue weighted by Crippen LogP contribution is -2.66. The van der Waals surface area contributed by atoms with Crippen molar-refractivity contribution in [2.75, 3.05) is 36.0 Å². The van der Waals surface area contributed by atoms with Crippen molar-refractivity contribution in [3.05, 3.63) is 107 Å². The fourth-order valence-electron chi connectivity index (χ4n) is 14.2. The summed E-state index contributed by atoms with van der Waals surface area (Å²) < 4.78 is 0. The number of aliphatic hydroxyl groups excluding tert-OH is 1. The minimum Gasteiger partial charge on any atom is -0.392 e. The Bertz CT molecular complexity index is 2030. The molecule has 7 nitrogen and oxygen atoms in total. The molecule has 4 bridgehead atoms. The highest BCUT2D eigenvalue weighted by Crippen LogP contribution is 2.68. The molecule has 7 heteroatoms. The molecule has 10 aliphatic rings. The van der Waals surface area contributed by atoms with E-state index in [-0.39, 0.29) is 65.3 Å². The van der Waals surface area contributed by atoms with E-state index in [0.29, 0.717) is 17.9 Å². The van der Waals surface area contributed by atoms with E-state index in [4.69, 9.17) is 0 Å². The molecule has 11 atom stereocenters. The van der Waals surface area contributed by atoms with Gasteiger partial charge < -0.3 is 14.9 Å². The fourth-order valence-corrected chi connectivity index (χ4v) is 14.2. The van der Waals surface area contributed by atoms with Crippen LogP contribution in [-0.4, -0.2) is 83.2 Å². The van der Waals surface area contributed by atoms with Gasteiger partial charge in [-0.15, -0.1) is 0 Å². The summed E-state index contributed by atoms with van der Waals surface area (Å²) in [6.45, 7) is 5.08. The molecule has 11 unspecified atom stereocenters. The third-order valence-electron chi connectivity index (χ3n) is 15.7. The summed E-state index contributed by atoms with van der Waals surface area (Å²) in [5.74, 6) is 1.49. The molecule has 2 amide bonds. The van der Waals surface area contributed by atoms with E-state index in [1.165, 1.54) is 22.3 Å². The third-order valence-corrected chi connectivity index (χ3v) is 15.7. The van der Waals surface area contributed by atoms with Gasteiger partial charge in [0.25, 0.3) is 11.8 Å². The fraction of sp³-hybridized carbons (Fsp3) is 0.476. The number of amides is 2. The Morgan fingerprint density at radius 2 is 1.57 bits per heavy atom. The Morgan fingerprint density at radius 1 is 0.857 bits per heavy atom. The number of rotatable bonds is 2. The van der Waals surface area contributed by atoms with E-state index in [1.54, 1.807) is 0 Å². The van der Waals surface area contributed by atoms with Crippen LogP contribution in [-0.2, 0) is 20.4 Å². The Hall–Kier alpha value is -3.78. The maximum absolute atomic E-state index is 15.5. The van der Waals surface area contributed by atoms with Crippen LogP contribution in [0.2, 0.25) is 0 Å². The summed E-state index contributed by atoms with van der Waals surface area (Å²) in [4.78, 5) is 39.0. The number of anilines is 2. The minimum absolute atomic E-state index is 0.0301. The van der Waals surface area contributed by atoms with E-state index in [1.807, 2.05) is 6.08 Å². The number of aliphatic hydroxyl groups is 1. The van der Waals surface area contributed by atoms with E-state index in [0.717, 1.165) is 62.3 Å². The summed E-state index contributed by atoms with van der Waals surface area (Å²) in [5, 5.41) is 10.2. The van der Waals surface area contributed by atoms with Crippen LogP contribution in [0.1, 0.15) is 43.7 Å². The van der Waals surface area contributed by atoms with Crippen molar-refractivity contribution in [1.29, 1.82) is 0 Å². The summed E-state index contributed by atoms with van der Waals surface area (Å²) in [7, 11) is 0. The van der Waals surface area contributed by atoms with Crippen LogP contribution < -0.4 is 9.80 Å². The van der Waals surface area contributed by atoms with Gasteiger partial charge in [0.05, 0.1) is 18.7 Å². The van der Waals surface area contributed by atoms with Gasteiger partial charge in [0.15, 0.2) is 0 Å². The van der Waals surface area contributed by atoms with E-state index < -0.39 is 0 Å². The number of carbonyl (C=O) groups excluding carboxylic acids is 2. The van der Waals surface area contributed by atoms with Crippen LogP contribution in [0.15, 0.2) is 95.6 Å². The number of nitrogens with zero attached hydrogens (tertiary/aromatic N) is 4. The van der Waals surface area contributed by atoms with Crippen molar-refractivity contribution in [3.8, 4) is 0 Å². The molecule has 0 radical (unpaired) electrons. The van der Waals surface area contributed by atoms with Crippen LogP contribution in [0.4, 0.5) is 11.4 Å². The Kier molecular flexibility index (Phi) is 5.20. The average molecular weight is 651 g/mol. The topological polar surface area (TPSA) is 67.3 Å². The standard InChI is InChI=1S/C42H42N4O3/c1-2-23-22-44-34(20-42-31-8-4-5-9-32(31)45-37(48)12-11-25(38(42)45)26(23)19-36(42)44)29-17-28-27-18-35-41(14-15-43(35)21-24(27)13-16-47)30-7-3-6-10-33(30)46(39(28)41)40(29)49/h2-13,17,25-28,34-36,38-39,47H,14-16,18-22H2,1H3. The first-order valence-electron chi connectivity index (χ1n) is 18.7. The molecule has 2 aliphatic carbocycles. The Balaban J connectivity index is 1.07. The van der Waals surface area contributed by atoms with Crippen molar-refractivity contribution >= 4 is 23.2 Å². The molecule has 248 valence electrons. The molecule has 0 aromatic heterocycles. The predicted molar refractivity (Wildman–Crippen MR) is 187 cm³/mol. The van der Waals surface area contributed by atoms with Crippen LogP contribution in [0.5, 0.6) is 0 Å². The highest BCUT2D eigenvalue weighted by molar-refractivity contribution is 6.10. The number of carbonyl (C=O) groups is 2. The number of fused-ring (bicyclic) bond motifs is 8. The van der Waals surface area contributed by atoms with Gasteiger partial charge in [-0.1, -0.05) is 71.8 Å². The lowest BCUT2D eigenvalue weighted by molar-refractivity contribution is -0.118. The SMILES string of the molecule is CC=C1CN2C(C3=CC4C5CC6N(CCC67c6ccccc6N(C3=O)C47)CC5=CCO)CC34c5ccccc5N5C(=O)C=CC(C1CC23)C54. The molecule has 2 aromatic carbocycles. The first kappa shape index (κ1) is 28.0. The van der Waals surface area contributed by atoms with Gasteiger partial charge in [-0.25, -0.2) is 0 Å². The lowest BCUT2D eigenvalue weighted by Gasteiger charge is -2.57. The normalized spacial score (nSPS) is 44.8. The number of piperidine rings is 2. The van der Waals surface area contributed by atoms with Gasteiger partial charge in [-0.2, -0.15) is 0 Å². The molecule has 2 aromatic rings. The monoisotopic (exact) mass is 650 g/mol. The number of benzene rings is 2. The number of hydrogen-bond acceptors (Lipinski definition) is 5. The van der Waals surface area contributed by atoms with Gasteiger partial charge in [-0.3, -0.25) is 19.4 Å². The summed E-state index contributed by atoms with van der Waals surface area (Å²) in [6, 6.07) is 18.3. The summed E-state index contributed by atoms with van der Waals surface area (Å²) in [6.07, 6.45) is 15.0. The second-order valence-electron chi connectivity index (χ2n) is 16.7. The van der Waals surface area contributed by atoms with Crippen LogP contribution in [0.25, 0.3) is 0 Å². The van der Waals surface area contributed by atoms with Gasteiger partial charge in [0, 0.05) is 70.8 Å². The highest BCUT2D eigenvalue weighted by atomic mass is 16.2. The van der Waals surface area contributed by atoms with Gasteiger partial charge in [0.1, 0.15) is 0 Å². The zero-order chi connectivity index (χ0) is 32.6. The molecular formula is C42H42N4O3. The first-order chi connectivity index (χ1) is 24.0. The second-order valence-corrected chi connectivity index (χ2v) is 16.7. The average Bonchev–Trinajstić information content (AvgIpc) is 3.86. The van der Waals surface area contributed by atoms with Crippen LogP contribution >= 0.6 is 0 Å². The Morgan fingerprint density at radius 3 is 2.37 bits per heavy atom.